The molecule has 1 rings (SSSR count). The first-order valence-corrected chi connectivity index (χ1v) is 8.17. The van der Waals surface area contributed by atoms with E-state index in [4.69, 9.17) is 5.11 Å². The summed E-state index contributed by atoms with van der Waals surface area (Å²) in [6.45, 7) is 8.39. The van der Waals surface area contributed by atoms with E-state index >= 15 is 0 Å². The number of carboxylic acids is 1. The zero-order chi connectivity index (χ0) is 19.0. The molecule has 6 heteroatoms. The molecule has 0 aromatic heterocycles. The Bertz CT molecular complexity index is 642. The van der Waals surface area contributed by atoms with Crippen molar-refractivity contribution in [1.29, 1.82) is 0 Å². The molecule has 1 atom stereocenters. The number of hydrogen-bond donors (Lipinski definition) is 3. The molecular weight excluding hydrogens is 320 g/mol. The number of carboxylic acid groups (broad SMARTS) is 1. The van der Waals surface area contributed by atoms with Gasteiger partial charge in [0.25, 0.3) is 11.8 Å². The Balaban J connectivity index is 2.72. The molecule has 1 aromatic carbocycles. The summed E-state index contributed by atoms with van der Waals surface area (Å²) in [5.74, 6) is -1.79. The van der Waals surface area contributed by atoms with Gasteiger partial charge in [0.2, 0.25) is 0 Å². The lowest BCUT2D eigenvalue weighted by molar-refractivity contribution is -0.139. The second kappa shape index (κ2) is 9.01. The van der Waals surface area contributed by atoms with Crippen LogP contribution in [0.3, 0.4) is 0 Å². The van der Waals surface area contributed by atoms with Gasteiger partial charge in [-0.25, -0.2) is 4.79 Å². The van der Waals surface area contributed by atoms with E-state index in [-0.39, 0.29) is 17.7 Å². The molecule has 0 saturated heterocycles. The number of benzene rings is 1. The highest BCUT2D eigenvalue weighted by Gasteiger charge is 2.19. The highest BCUT2D eigenvalue weighted by molar-refractivity contribution is 5.99. The van der Waals surface area contributed by atoms with Crippen LogP contribution in [0.1, 0.15) is 54.8 Å². The normalized spacial score (nSPS) is 12.6. The molecule has 0 radical (unpaired) electrons. The van der Waals surface area contributed by atoms with Crippen molar-refractivity contribution in [3.05, 3.63) is 47.5 Å². The van der Waals surface area contributed by atoms with E-state index in [1.54, 1.807) is 31.2 Å². The second-order valence-electron chi connectivity index (χ2n) is 6.99. The van der Waals surface area contributed by atoms with Crippen molar-refractivity contribution in [1.82, 2.24) is 10.6 Å². The standard InChI is InChI=1S/C19H26N2O4/c1-5-6-7-15(18(24)25)21-17(23)14-10-8-13(9-11-14)16(22)20-12-19(2,3)4/h5-6,8-11,15H,7,12H2,1-4H3,(H,20,22)(H,21,23)(H,24,25)/b6-5+. The van der Waals surface area contributed by atoms with Crippen LogP contribution in [0.5, 0.6) is 0 Å². The van der Waals surface area contributed by atoms with Crippen molar-refractivity contribution in [2.75, 3.05) is 6.54 Å². The molecule has 0 saturated carbocycles. The summed E-state index contributed by atoms with van der Waals surface area (Å²) in [6.07, 6.45) is 3.62. The van der Waals surface area contributed by atoms with Gasteiger partial charge in [0, 0.05) is 17.7 Å². The molecule has 3 N–H and O–H groups in total. The van der Waals surface area contributed by atoms with Crippen molar-refractivity contribution >= 4 is 17.8 Å². The Labute approximate surface area is 148 Å². The number of carbonyl (C=O) groups is 3. The smallest absolute Gasteiger partial charge is 0.326 e. The third-order valence-electron chi connectivity index (χ3n) is 3.40. The Hall–Kier alpha value is -2.63. The molecule has 1 aromatic rings. The monoisotopic (exact) mass is 346 g/mol. The number of amides is 2. The van der Waals surface area contributed by atoms with Gasteiger partial charge in [-0.15, -0.1) is 0 Å². The quantitative estimate of drug-likeness (QED) is 0.661. The maximum absolute atomic E-state index is 12.2. The van der Waals surface area contributed by atoms with Crippen LogP contribution in [0, 0.1) is 5.41 Å². The molecule has 0 aliphatic carbocycles. The molecule has 1 unspecified atom stereocenters. The maximum Gasteiger partial charge on any atom is 0.326 e. The van der Waals surface area contributed by atoms with Crippen LogP contribution in [0.25, 0.3) is 0 Å². The molecule has 25 heavy (non-hydrogen) atoms. The lowest BCUT2D eigenvalue weighted by Crippen LogP contribution is -2.40. The van der Waals surface area contributed by atoms with Crippen LogP contribution < -0.4 is 10.6 Å². The predicted octanol–water partition coefficient (Wildman–Crippen LogP) is 2.61. The molecule has 0 aliphatic rings. The van der Waals surface area contributed by atoms with E-state index < -0.39 is 17.9 Å². The van der Waals surface area contributed by atoms with Gasteiger partial charge >= 0.3 is 5.97 Å². The maximum atomic E-state index is 12.2. The van der Waals surface area contributed by atoms with Gasteiger partial charge in [-0.3, -0.25) is 9.59 Å². The fourth-order valence-electron chi connectivity index (χ4n) is 1.96. The van der Waals surface area contributed by atoms with Crippen molar-refractivity contribution in [2.45, 2.75) is 40.2 Å². The Morgan fingerprint density at radius 2 is 1.60 bits per heavy atom. The summed E-state index contributed by atoms with van der Waals surface area (Å²) >= 11 is 0. The van der Waals surface area contributed by atoms with Gasteiger partial charge in [-0.05, 0) is 43.0 Å². The summed E-state index contributed by atoms with van der Waals surface area (Å²) in [7, 11) is 0. The Morgan fingerprint density at radius 3 is 2.04 bits per heavy atom. The van der Waals surface area contributed by atoms with E-state index in [1.807, 2.05) is 20.8 Å². The van der Waals surface area contributed by atoms with Crippen LogP contribution in [0.2, 0.25) is 0 Å². The second-order valence-corrected chi connectivity index (χ2v) is 6.99. The average Bonchev–Trinajstić information content (AvgIpc) is 2.55. The van der Waals surface area contributed by atoms with Gasteiger partial charge in [-0.2, -0.15) is 0 Å². The lowest BCUT2D eigenvalue weighted by atomic mass is 9.97. The molecule has 2 amide bonds. The molecule has 6 nitrogen and oxygen atoms in total. The van der Waals surface area contributed by atoms with Crippen molar-refractivity contribution in [2.24, 2.45) is 5.41 Å². The van der Waals surface area contributed by atoms with Crippen molar-refractivity contribution in [3.8, 4) is 0 Å². The van der Waals surface area contributed by atoms with Crippen molar-refractivity contribution < 1.29 is 19.5 Å². The number of nitrogens with one attached hydrogen (secondary N) is 2. The van der Waals surface area contributed by atoms with Crippen LogP contribution in [0.4, 0.5) is 0 Å². The van der Waals surface area contributed by atoms with Crippen LogP contribution in [-0.2, 0) is 4.79 Å². The van der Waals surface area contributed by atoms with Gasteiger partial charge in [-0.1, -0.05) is 32.9 Å². The van der Waals surface area contributed by atoms with E-state index in [2.05, 4.69) is 10.6 Å². The number of allylic oxidation sites excluding steroid dienone is 1. The first-order valence-electron chi connectivity index (χ1n) is 8.17. The molecule has 0 fully saturated rings. The minimum Gasteiger partial charge on any atom is -0.480 e. The largest absolute Gasteiger partial charge is 0.480 e. The number of rotatable bonds is 7. The first-order chi connectivity index (χ1) is 11.6. The van der Waals surface area contributed by atoms with E-state index in [0.717, 1.165) is 0 Å². The average molecular weight is 346 g/mol. The number of aliphatic carboxylic acids is 1. The van der Waals surface area contributed by atoms with Crippen molar-refractivity contribution in [3.63, 3.8) is 0 Å². The van der Waals surface area contributed by atoms with E-state index in [9.17, 15) is 14.4 Å². The summed E-state index contributed by atoms with van der Waals surface area (Å²) in [6, 6.07) is 5.13. The highest BCUT2D eigenvalue weighted by Crippen LogP contribution is 2.11. The van der Waals surface area contributed by atoms with Gasteiger partial charge < -0.3 is 15.7 Å². The topological polar surface area (TPSA) is 95.5 Å². The van der Waals surface area contributed by atoms with Gasteiger partial charge in [0.05, 0.1) is 0 Å². The van der Waals surface area contributed by atoms with Gasteiger partial charge in [0.1, 0.15) is 6.04 Å². The minimum atomic E-state index is -1.09. The predicted molar refractivity (Wildman–Crippen MR) is 96.6 cm³/mol. The summed E-state index contributed by atoms with van der Waals surface area (Å²) in [4.78, 5) is 35.4. The Kier molecular flexibility index (Phi) is 7.36. The summed E-state index contributed by atoms with van der Waals surface area (Å²) in [5, 5.41) is 14.4. The van der Waals surface area contributed by atoms with E-state index in [0.29, 0.717) is 17.7 Å². The molecule has 0 heterocycles. The zero-order valence-corrected chi connectivity index (χ0v) is 15.1. The van der Waals surface area contributed by atoms with Crippen LogP contribution in [0.15, 0.2) is 36.4 Å². The third kappa shape index (κ3) is 7.20. The number of carbonyl (C=O) groups excluding carboxylic acids is 2. The number of hydrogen-bond acceptors (Lipinski definition) is 3. The third-order valence-corrected chi connectivity index (χ3v) is 3.40. The molecule has 0 bridgehead atoms. The molecule has 0 aliphatic heterocycles. The molecular formula is C19H26N2O4. The highest BCUT2D eigenvalue weighted by atomic mass is 16.4. The molecule has 0 spiro atoms. The molecule has 136 valence electrons. The van der Waals surface area contributed by atoms with Crippen LogP contribution in [-0.4, -0.2) is 35.5 Å². The SMILES string of the molecule is C/C=C/CC(NC(=O)c1ccc(C(=O)NCC(C)(C)C)cc1)C(=O)O. The fourth-order valence-corrected chi connectivity index (χ4v) is 1.96. The Morgan fingerprint density at radius 1 is 1.08 bits per heavy atom. The minimum absolute atomic E-state index is 0.0196. The van der Waals surface area contributed by atoms with E-state index in [1.165, 1.54) is 12.1 Å². The lowest BCUT2D eigenvalue weighted by Gasteiger charge is -2.18. The van der Waals surface area contributed by atoms with Gasteiger partial charge in [0.15, 0.2) is 0 Å². The fraction of sp³-hybridized carbons (Fsp3) is 0.421. The first kappa shape index (κ1) is 20.4. The summed E-state index contributed by atoms with van der Waals surface area (Å²) < 4.78 is 0. The zero-order valence-electron chi connectivity index (χ0n) is 15.1. The van der Waals surface area contributed by atoms with Crippen LogP contribution >= 0.6 is 0 Å². The summed E-state index contributed by atoms with van der Waals surface area (Å²) in [5.41, 5.74) is 0.734.